The smallest absolute Gasteiger partial charge is 0.269 e. The summed E-state index contributed by atoms with van der Waals surface area (Å²) in [6.07, 6.45) is 0.482. The Hall–Kier alpha value is -1.47. The Morgan fingerprint density at radius 1 is 1.26 bits per heavy atom. The van der Waals surface area contributed by atoms with Gasteiger partial charge in [-0.15, -0.1) is 0 Å². The Morgan fingerprint density at radius 2 is 1.79 bits per heavy atom. The number of hydrogen-bond acceptors (Lipinski definition) is 5. The largest absolute Gasteiger partial charge is 0.317 e. The molecule has 1 rings (SSSR count). The molecule has 7 heteroatoms. The fourth-order valence-corrected chi connectivity index (χ4v) is 3.25. The molecule has 0 saturated carbocycles. The minimum Gasteiger partial charge on any atom is -0.317 e. The second-order valence-electron chi connectivity index (χ2n) is 4.53. The van der Waals surface area contributed by atoms with Crippen LogP contribution >= 0.6 is 0 Å². The van der Waals surface area contributed by atoms with Crippen LogP contribution in [0.1, 0.15) is 20.3 Å². The van der Waals surface area contributed by atoms with E-state index in [4.69, 9.17) is 0 Å². The molecule has 1 N–H and O–H groups in total. The molecule has 0 radical (unpaired) electrons. The lowest BCUT2D eigenvalue weighted by atomic mass is 10.2. The Kier molecular flexibility index (Phi) is 5.02. The van der Waals surface area contributed by atoms with Gasteiger partial charge in [-0.1, -0.05) is 0 Å². The Morgan fingerprint density at radius 3 is 2.21 bits per heavy atom. The first-order valence-electron chi connectivity index (χ1n) is 5.94. The van der Waals surface area contributed by atoms with Gasteiger partial charge in [0.25, 0.3) is 5.69 Å². The summed E-state index contributed by atoms with van der Waals surface area (Å²) in [4.78, 5) is 10.1. The molecule has 1 aromatic rings. The molecule has 0 amide bonds. The van der Waals surface area contributed by atoms with E-state index in [2.05, 4.69) is 5.32 Å². The first kappa shape index (κ1) is 15.6. The maximum atomic E-state index is 12.3. The van der Waals surface area contributed by atoms with E-state index in [0.717, 1.165) is 0 Å². The van der Waals surface area contributed by atoms with E-state index < -0.39 is 20.0 Å². The number of nitrogens with one attached hydrogen (secondary N) is 1. The lowest BCUT2D eigenvalue weighted by Gasteiger charge is -2.17. The lowest BCUT2D eigenvalue weighted by molar-refractivity contribution is -0.384. The van der Waals surface area contributed by atoms with Crippen LogP contribution in [0.25, 0.3) is 0 Å². The molecule has 2 atom stereocenters. The van der Waals surface area contributed by atoms with E-state index in [1.165, 1.54) is 24.3 Å². The molecule has 106 valence electrons. The molecule has 0 aliphatic rings. The van der Waals surface area contributed by atoms with Gasteiger partial charge in [-0.3, -0.25) is 10.1 Å². The summed E-state index contributed by atoms with van der Waals surface area (Å²) in [5.41, 5.74) is -0.116. The number of nitro benzene ring substituents is 1. The minimum absolute atomic E-state index is 0.0859. The normalized spacial score (nSPS) is 14.9. The van der Waals surface area contributed by atoms with Crippen molar-refractivity contribution >= 4 is 15.5 Å². The van der Waals surface area contributed by atoms with Crippen molar-refractivity contribution in [2.75, 3.05) is 7.05 Å². The molecule has 0 saturated heterocycles. The fraction of sp³-hybridized carbons (Fsp3) is 0.500. The Bertz CT molecular complexity index is 539. The summed E-state index contributed by atoms with van der Waals surface area (Å²) in [5.74, 6) is 0. The quantitative estimate of drug-likeness (QED) is 0.635. The van der Waals surface area contributed by atoms with Crippen molar-refractivity contribution in [3.05, 3.63) is 34.4 Å². The van der Waals surface area contributed by atoms with Gasteiger partial charge in [0.2, 0.25) is 0 Å². The van der Waals surface area contributed by atoms with E-state index in [9.17, 15) is 18.5 Å². The van der Waals surface area contributed by atoms with Crippen molar-refractivity contribution in [2.24, 2.45) is 0 Å². The second-order valence-corrected chi connectivity index (χ2v) is 6.90. The zero-order valence-corrected chi connectivity index (χ0v) is 12.0. The van der Waals surface area contributed by atoms with Crippen LogP contribution in [0.5, 0.6) is 0 Å². The zero-order valence-electron chi connectivity index (χ0n) is 11.2. The maximum Gasteiger partial charge on any atom is 0.269 e. The molecule has 0 aliphatic carbocycles. The van der Waals surface area contributed by atoms with E-state index in [-0.39, 0.29) is 16.6 Å². The molecule has 6 nitrogen and oxygen atoms in total. The highest BCUT2D eigenvalue weighted by Gasteiger charge is 2.25. The average molecular weight is 286 g/mol. The first-order valence-corrected chi connectivity index (χ1v) is 7.49. The number of non-ortho nitro benzene ring substituents is 1. The first-order chi connectivity index (χ1) is 8.78. The summed E-state index contributed by atoms with van der Waals surface area (Å²) < 4.78 is 24.5. The maximum absolute atomic E-state index is 12.3. The average Bonchev–Trinajstić information content (AvgIpc) is 2.38. The third-order valence-electron chi connectivity index (χ3n) is 3.08. The van der Waals surface area contributed by atoms with Gasteiger partial charge < -0.3 is 5.32 Å². The van der Waals surface area contributed by atoms with Crippen LogP contribution < -0.4 is 5.32 Å². The molecule has 0 heterocycles. The third kappa shape index (κ3) is 3.74. The third-order valence-corrected chi connectivity index (χ3v) is 5.27. The summed E-state index contributed by atoms with van der Waals surface area (Å²) in [6.45, 7) is 3.55. The fourth-order valence-electron chi connectivity index (χ4n) is 1.73. The molecular weight excluding hydrogens is 268 g/mol. The number of rotatable bonds is 6. The van der Waals surface area contributed by atoms with Gasteiger partial charge in [0.1, 0.15) is 0 Å². The van der Waals surface area contributed by atoms with Crippen LogP contribution in [0.3, 0.4) is 0 Å². The SMILES string of the molecule is CNC(C)CC(C)S(=O)(=O)c1ccc([N+](=O)[O-])cc1. The summed E-state index contributed by atoms with van der Waals surface area (Å²) in [5, 5.41) is 13.0. The van der Waals surface area contributed by atoms with Crippen LogP contribution in [0.2, 0.25) is 0 Å². The van der Waals surface area contributed by atoms with Crippen LogP contribution in [-0.4, -0.2) is 31.7 Å². The van der Waals surface area contributed by atoms with Gasteiger partial charge >= 0.3 is 0 Å². The van der Waals surface area contributed by atoms with Gasteiger partial charge in [0, 0.05) is 18.2 Å². The molecule has 2 unspecified atom stereocenters. The van der Waals surface area contributed by atoms with Crippen molar-refractivity contribution in [2.45, 2.75) is 36.5 Å². The van der Waals surface area contributed by atoms with Crippen LogP contribution in [0, 0.1) is 10.1 Å². The standard InChI is InChI=1S/C12H18N2O4S/c1-9(13-3)8-10(2)19(17,18)12-6-4-11(5-7-12)14(15)16/h4-7,9-10,13H,8H2,1-3H3. The van der Waals surface area contributed by atoms with Gasteiger partial charge in [-0.25, -0.2) is 8.42 Å². The van der Waals surface area contributed by atoms with Crippen molar-refractivity contribution in [1.82, 2.24) is 5.32 Å². The number of benzene rings is 1. The molecule has 0 fully saturated rings. The summed E-state index contributed by atoms with van der Waals surface area (Å²) >= 11 is 0. The number of hydrogen-bond donors (Lipinski definition) is 1. The molecule has 1 aromatic carbocycles. The van der Waals surface area contributed by atoms with Crippen molar-refractivity contribution in [1.29, 1.82) is 0 Å². The van der Waals surface area contributed by atoms with Crippen LogP contribution in [-0.2, 0) is 9.84 Å². The summed E-state index contributed by atoms with van der Waals surface area (Å²) in [6, 6.07) is 5.08. The number of sulfone groups is 1. The Labute approximate surface area is 112 Å². The van der Waals surface area contributed by atoms with Crippen molar-refractivity contribution in [3.8, 4) is 0 Å². The van der Waals surface area contributed by atoms with Gasteiger partial charge in [0.05, 0.1) is 15.1 Å². The highest BCUT2D eigenvalue weighted by molar-refractivity contribution is 7.92. The zero-order chi connectivity index (χ0) is 14.6. The van der Waals surface area contributed by atoms with Gasteiger partial charge in [-0.05, 0) is 39.4 Å². The molecule has 0 aliphatic heterocycles. The molecule has 0 spiro atoms. The van der Waals surface area contributed by atoms with Crippen LogP contribution in [0.4, 0.5) is 5.69 Å². The van der Waals surface area contributed by atoms with E-state index in [1.54, 1.807) is 14.0 Å². The van der Waals surface area contributed by atoms with E-state index in [0.29, 0.717) is 6.42 Å². The predicted molar refractivity (Wildman–Crippen MR) is 72.9 cm³/mol. The highest BCUT2D eigenvalue weighted by atomic mass is 32.2. The lowest BCUT2D eigenvalue weighted by Crippen LogP contribution is -2.29. The van der Waals surface area contributed by atoms with Crippen molar-refractivity contribution in [3.63, 3.8) is 0 Å². The monoisotopic (exact) mass is 286 g/mol. The molecule has 0 aromatic heterocycles. The van der Waals surface area contributed by atoms with Gasteiger partial charge in [0.15, 0.2) is 9.84 Å². The van der Waals surface area contributed by atoms with E-state index >= 15 is 0 Å². The highest BCUT2D eigenvalue weighted by Crippen LogP contribution is 2.21. The minimum atomic E-state index is -3.45. The molecule has 0 bridgehead atoms. The molecule has 19 heavy (non-hydrogen) atoms. The Balaban J connectivity index is 2.96. The summed E-state index contributed by atoms with van der Waals surface area (Å²) in [7, 11) is -1.68. The van der Waals surface area contributed by atoms with Crippen LogP contribution in [0.15, 0.2) is 29.2 Å². The molecular formula is C12H18N2O4S. The topological polar surface area (TPSA) is 89.3 Å². The second kappa shape index (κ2) is 6.12. The number of nitro groups is 1. The number of nitrogens with zero attached hydrogens (tertiary/aromatic N) is 1. The van der Waals surface area contributed by atoms with E-state index in [1.807, 2.05) is 6.92 Å². The van der Waals surface area contributed by atoms with Gasteiger partial charge in [-0.2, -0.15) is 0 Å². The van der Waals surface area contributed by atoms with Crippen molar-refractivity contribution < 1.29 is 13.3 Å². The predicted octanol–water partition coefficient (Wildman–Crippen LogP) is 1.75.